The number of nitrogens with one attached hydrogen (secondary N) is 2. The summed E-state index contributed by atoms with van der Waals surface area (Å²) in [5.41, 5.74) is 5.73. The Kier molecular flexibility index (Phi) is 12.8. The van der Waals surface area contributed by atoms with Crippen molar-refractivity contribution in [2.24, 2.45) is 23.7 Å². The van der Waals surface area contributed by atoms with Crippen LogP contribution in [0.4, 0.5) is 0 Å². The molecule has 0 saturated heterocycles. The average molecular weight is 515 g/mol. The lowest BCUT2D eigenvalue weighted by Gasteiger charge is -2.31. The molecular weight excluding hydrogens is 472 g/mol. The predicted octanol–water partition coefficient (Wildman–Crippen LogP) is 3.38. The van der Waals surface area contributed by atoms with Crippen LogP contribution in [0, 0.1) is 23.7 Å². The Bertz CT molecular complexity index is 947. The number of rotatable bonds is 15. The largest absolute Gasteiger partial charge is 0.289 e. The summed E-state index contributed by atoms with van der Waals surface area (Å²) in [4.78, 5) is 39.5. The summed E-state index contributed by atoms with van der Waals surface area (Å²) in [6.07, 6.45) is 7.06. The molecule has 3 amide bonds. The van der Waals surface area contributed by atoms with Crippen molar-refractivity contribution < 1.29 is 19.6 Å². The first-order valence-corrected chi connectivity index (χ1v) is 13.2. The van der Waals surface area contributed by atoms with E-state index >= 15 is 0 Å². The quantitative estimate of drug-likeness (QED) is 0.247. The number of benzene rings is 1. The number of hydrogen-bond acceptors (Lipinski definition) is 6. The van der Waals surface area contributed by atoms with Gasteiger partial charge in [-0.05, 0) is 43.1 Å². The third kappa shape index (κ3) is 9.95. The number of hydrazine groups is 1. The molecule has 1 aromatic carbocycles. The highest BCUT2D eigenvalue weighted by atomic mass is 16.5. The van der Waals surface area contributed by atoms with Crippen LogP contribution >= 0.6 is 0 Å². The molecule has 0 unspecified atom stereocenters. The molecule has 0 aliphatic heterocycles. The van der Waals surface area contributed by atoms with Crippen LogP contribution in [0.3, 0.4) is 0 Å². The Morgan fingerprint density at radius 1 is 1.05 bits per heavy atom. The number of carbonyl (C=O) groups excluding carboxylic acids is 3. The van der Waals surface area contributed by atoms with Crippen LogP contribution in [-0.4, -0.2) is 49.5 Å². The summed E-state index contributed by atoms with van der Waals surface area (Å²) in [7, 11) is 0. The molecule has 10 nitrogen and oxygen atoms in total. The van der Waals surface area contributed by atoms with E-state index in [0.717, 1.165) is 24.8 Å². The number of nitrogens with zero attached hydrogens (tertiary/aromatic N) is 4. The lowest BCUT2D eigenvalue weighted by atomic mass is 9.81. The van der Waals surface area contributed by atoms with Crippen molar-refractivity contribution >= 4 is 17.7 Å². The lowest BCUT2D eigenvalue weighted by Crippen LogP contribution is -2.53. The van der Waals surface area contributed by atoms with Gasteiger partial charge in [0.25, 0.3) is 5.91 Å². The Hall–Kier alpha value is -3.27. The smallest absolute Gasteiger partial charge is 0.262 e. The van der Waals surface area contributed by atoms with E-state index in [1.165, 1.54) is 15.9 Å². The van der Waals surface area contributed by atoms with Gasteiger partial charge >= 0.3 is 0 Å². The minimum atomic E-state index is -0.739. The van der Waals surface area contributed by atoms with E-state index in [0.29, 0.717) is 25.8 Å². The zero-order valence-corrected chi connectivity index (χ0v) is 22.5. The molecule has 10 heteroatoms. The molecule has 0 saturated carbocycles. The molecule has 3 N–H and O–H groups in total. The molecule has 0 radical (unpaired) electrons. The van der Waals surface area contributed by atoms with Crippen LogP contribution < -0.4 is 10.9 Å². The van der Waals surface area contributed by atoms with Gasteiger partial charge in [-0.25, -0.2) is 10.2 Å². The molecule has 1 aromatic heterocycles. The number of hydrogen-bond donors (Lipinski definition) is 3. The Balaban J connectivity index is 2.22. The van der Waals surface area contributed by atoms with Gasteiger partial charge in [-0.15, -0.1) is 5.10 Å². The third-order valence-corrected chi connectivity index (χ3v) is 6.73. The van der Waals surface area contributed by atoms with Gasteiger partial charge in [-0.1, -0.05) is 76.1 Å². The van der Waals surface area contributed by atoms with Crippen LogP contribution in [0.5, 0.6) is 0 Å². The van der Waals surface area contributed by atoms with Crippen LogP contribution in [0.1, 0.15) is 65.4 Å². The second kappa shape index (κ2) is 15.8. The molecule has 0 spiro atoms. The summed E-state index contributed by atoms with van der Waals surface area (Å²) < 4.78 is 1.41. The maximum Gasteiger partial charge on any atom is 0.262 e. The van der Waals surface area contributed by atoms with Crippen LogP contribution in [0.2, 0.25) is 0 Å². The van der Waals surface area contributed by atoms with Gasteiger partial charge in [0, 0.05) is 12.7 Å². The van der Waals surface area contributed by atoms with E-state index in [9.17, 15) is 19.6 Å². The van der Waals surface area contributed by atoms with Crippen LogP contribution in [0.15, 0.2) is 42.7 Å². The lowest BCUT2D eigenvalue weighted by molar-refractivity contribution is -0.148. The fourth-order valence-electron chi connectivity index (χ4n) is 4.50. The standard InChI is InChI=1S/C27H42N6O4/c1-5-21(6-2)18-33(25(34)19-32-16-15-28-31-32)29-26(35)24(17-20(3)4)23(27(36)30-37)14-10-13-22-11-8-7-9-12-22/h7-9,11-12,15-16,20-21,23-24,37H,5-6,10,13-14,17-19H2,1-4H3,(H,29,35)(H,30,36)/t23-,24+/m0/s1. The highest BCUT2D eigenvalue weighted by Gasteiger charge is 2.35. The Labute approximate surface area is 219 Å². The molecule has 204 valence electrons. The zero-order valence-electron chi connectivity index (χ0n) is 22.5. The number of carbonyl (C=O) groups is 3. The van der Waals surface area contributed by atoms with E-state index in [1.54, 1.807) is 11.7 Å². The van der Waals surface area contributed by atoms with Gasteiger partial charge in [0.15, 0.2) is 0 Å². The summed E-state index contributed by atoms with van der Waals surface area (Å²) in [5.74, 6) is -2.44. The summed E-state index contributed by atoms with van der Waals surface area (Å²) >= 11 is 0. The second-order valence-electron chi connectivity index (χ2n) is 9.96. The van der Waals surface area contributed by atoms with Crippen molar-refractivity contribution in [2.75, 3.05) is 6.54 Å². The predicted molar refractivity (Wildman–Crippen MR) is 140 cm³/mol. The van der Waals surface area contributed by atoms with Crippen molar-refractivity contribution in [3.05, 3.63) is 48.3 Å². The van der Waals surface area contributed by atoms with Gasteiger partial charge in [0.05, 0.1) is 18.0 Å². The van der Waals surface area contributed by atoms with E-state index in [2.05, 4.69) is 15.7 Å². The third-order valence-electron chi connectivity index (χ3n) is 6.73. The van der Waals surface area contributed by atoms with Crippen molar-refractivity contribution in [1.29, 1.82) is 0 Å². The summed E-state index contributed by atoms with van der Waals surface area (Å²) in [6, 6.07) is 9.93. The fourth-order valence-corrected chi connectivity index (χ4v) is 4.50. The van der Waals surface area contributed by atoms with Gasteiger partial charge in [-0.3, -0.25) is 30.0 Å². The summed E-state index contributed by atoms with van der Waals surface area (Å²) in [5, 5.41) is 18.4. The van der Waals surface area contributed by atoms with E-state index in [1.807, 2.05) is 58.0 Å². The van der Waals surface area contributed by atoms with Gasteiger partial charge in [0.1, 0.15) is 6.54 Å². The second-order valence-corrected chi connectivity index (χ2v) is 9.96. The number of aryl methyl sites for hydroxylation is 1. The molecule has 0 aliphatic carbocycles. The molecule has 0 bridgehead atoms. The number of amides is 3. The topological polar surface area (TPSA) is 129 Å². The maximum absolute atomic E-state index is 13.6. The van der Waals surface area contributed by atoms with Crippen molar-refractivity contribution in [1.82, 2.24) is 30.9 Å². The van der Waals surface area contributed by atoms with Crippen molar-refractivity contribution in [2.45, 2.75) is 72.8 Å². The monoisotopic (exact) mass is 514 g/mol. The highest BCUT2D eigenvalue weighted by molar-refractivity contribution is 5.88. The molecular formula is C27H42N6O4. The van der Waals surface area contributed by atoms with Crippen molar-refractivity contribution in [3.63, 3.8) is 0 Å². The molecule has 0 fully saturated rings. The minimum absolute atomic E-state index is 0.0626. The van der Waals surface area contributed by atoms with Gasteiger partial charge in [-0.2, -0.15) is 0 Å². The number of hydroxylamine groups is 1. The molecule has 37 heavy (non-hydrogen) atoms. The molecule has 2 aromatic rings. The van der Waals surface area contributed by atoms with Gasteiger partial charge in [0.2, 0.25) is 11.8 Å². The first kappa shape index (κ1) is 30.0. The van der Waals surface area contributed by atoms with E-state index in [-0.39, 0.29) is 24.3 Å². The first-order chi connectivity index (χ1) is 17.8. The van der Waals surface area contributed by atoms with Gasteiger partial charge < -0.3 is 0 Å². The first-order valence-electron chi connectivity index (χ1n) is 13.2. The highest BCUT2D eigenvalue weighted by Crippen LogP contribution is 2.27. The Morgan fingerprint density at radius 3 is 2.32 bits per heavy atom. The molecule has 1 heterocycles. The Morgan fingerprint density at radius 2 is 1.76 bits per heavy atom. The maximum atomic E-state index is 13.6. The van der Waals surface area contributed by atoms with Crippen molar-refractivity contribution in [3.8, 4) is 0 Å². The van der Waals surface area contributed by atoms with E-state index in [4.69, 9.17) is 0 Å². The van der Waals surface area contributed by atoms with E-state index < -0.39 is 23.7 Å². The molecule has 0 aliphatic rings. The average Bonchev–Trinajstić information content (AvgIpc) is 3.40. The summed E-state index contributed by atoms with van der Waals surface area (Å²) in [6.45, 7) is 8.35. The SMILES string of the molecule is CCC(CC)CN(NC(=O)[C@H](CC(C)C)[C@H](CCCc1ccccc1)C(=O)NO)C(=O)Cn1ccnn1. The number of aromatic nitrogens is 3. The normalized spacial score (nSPS) is 12.8. The molecule has 2 atom stereocenters. The zero-order chi connectivity index (χ0) is 27.2. The molecule has 2 rings (SSSR count). The van der Waals surface area contributed by atoms with Crippen LogP contribution in [0.25, 0.3) is 0 Å². The minimum Gasteiger partial charge on any atom is -0.289 e. The van der Waals surface area contributed by atoms with Crippen LogP contribution in [-0.2, 0) is 27.3 Å². The fraction of sp³-hybridized carbons (Fsp3) is 0.593.